The molecule has 14 heavy (non-hydrogen) atoms. The Morgan fingerprint density at radius 3 is 2.29 bits per heavy atom. The normalized spacial score (nSPS) is 16.0. The van der Waals surface area contributed by atoms with Gasteiger partial charge in [-0.3, -0.25) is 4.79 Å². The highest BCUT2D eigenvalue weighted by Crippen LogP contribution is 2.12. The predicted molar refractivity (Wildman–Crippen MR) is 59.2 cm³/mol. The van der Waals surface area contributed by atoms with Crippen LogP contribution in [0, 0.1) is 6.92 Å². The number of hydrogen-bond acceptors (Lipinski definition) is 2. The van der Waals surface area contributed by atoms with Gasteiger partial charge in [0.2, 0.25) is 0 Å². The SMILES string of the molecule is O=C1CCCCC1.[CH2]COCCCC. The van der Waals surface area contributed by atoms with E-state index in [1.165, 1.54) is 12.8 Å². The fraction of sp³-hybridized carbons (Fsp3) is 0.833. The van der Waals surface area contributed by atoms with Gasteiger partial charge in [0, 0.05) is 26.1 Å². The maximum atomic E-state index is 10.5. The third-order valence-electron chi connectivity index (χ3n) is 2.20. The van der Waals surface area contributed by atoms with Crippen molar-refractivity contribution in [2.75, 3.05) is 13.2 Å². The van der Waals surface area contributed by atoms with Crippen LogP contribution in [0.1, 0.15) is 51.9 Å². The molecule has 0 aromatic heterocycles. The van der Waals surface area contributed by atoms with E-state index in [1.807, 2.05) is 0 Å². The van der Waals surface area contributed by atoms with Crippen LogP contribution in [0.15, 0.2) is 0 Å². The first-order valence-electron chi connectivity index (χ1n) is 5.70. The molecular weight excluding hydrogens is 176 g/mol. The van der Waals surface area contributed by atoms with Gasteiger partial charge in [-0.05, 0) is 26.2 Å². The van der Waals surface area contributed by atoms with E-state index < -0.39 is 0 Å². The number of Topliss-reactive ketones (excluding diaryl/α,β-unsaturated/α-hetero) is 1. The molecule has 1 saturated carbocycles. The highest BCUT2D eigenvalue weighted by atomic mass is 16.5. The second-order valence-electron chi connectivity index (χ2n) is 3.57. The maximum absolute atomic E-state index is 10.5. The van der Waals surface area contributed by atoms with Crippen LogP contribution in [0.5, 0.6) is 0 Å². The lowest BCUT2D eigenvalue weighted by molar-refractivity contribution is -0.120. The van der Waals surface area contributed by atoms with Crippen LogP contribution in [0.3, 0.4) is 0 Å². The molecule has 0 saturated heterocycles. The summed E-state index contributed by atoms with van der Waals surface area (Å²) >= 11 is 0. The molecule has 1 radical (unpaired) electrons. The van der Waals surface area contributed by atoms with E-state index in [1.54, 1.807) is 0 Å². The topological polar surface area (TPSA) is 26.3 Å². The number of unbranched alkanes of at least 4 members (excludes halogenated alkanes) is 1. The molecule has 0 heterocycles. The average molecular weight is 199 g/mol. The molecule has 0 aliphatic heterocycles. The second kappa shape index (κ2) is 10.7. The second-order valence-corrected chi connectivity index (χ2v) is 3.57. The molecule has 0 aromatic rings. The van der Waals surface area contributed by atoms with E-state index in [0.717, 1.165) is 38.7 Å². The lowest BCUT2D eigenvalue weighted by Crippen LogP contribution is -2.02. The van der Waals surface area contributed by atoms with Gasteiger partial charge >= 0.3 is 0 Å². The van der Waals surface area contributed by atoms with Gasteiger partial charge in [0.25, 0.3) is 0 Å². The van der Waals surface area contributed by atoms with Crippen molar-refractivity contribution in [3.05, 3.63) is 6.92 Å². The first kappa shape index (κ1) is 13.6. The number of carbonyl (C=O) groups excluding carboxylic acids is 1. The molecule has 0 unspecified atom stereocenters. The van der Waals surface area contributed by atoms with E-state index in [4.69, 9.17) is 4.74 Å². The lowest BCUT2D eigenvalue weighted by atomic mass is 10.00. The minimum absolute atomic E-state index is 0.464. The zero-order valence-corrected chi connectivity index (χ0v) is 9.39. The molecule has 0 atom stereocenters. The standard InChI is InChI=1S/C6H10O.C6H13O/c7-6-4-2-1-3-5-6;1-3-5-6-7-4-2/h1-5H2;2-6H2,1H3. The molecule has 1 rings (SSSR count). The highest BCUT2D eigenvalue weighted by Gasteiger charge is 2.05. The Kier molecular flexibility index (Phi) is 10.4. The Hall–Kier alpha value is -0.370. The van der Waals surface area contributed by atoms with E-state index in [2.05, 4.69) is 13.8 Å². The molecule has 0 aromatic carbocycles. The first-order chi connectivity index (χ1) is 6.81. The summed E-state index contributed by atoms with van der Waals surface area (Å²) in [6.07, 6.45) is 7.61. The molecule has 1 aliphatic carbocycles. The van der Waals surface area contributed by atoms with Gasteiger partial charge in [-0.2, -0.15) is 0 Å². The van der Waals surface area contributed by atoms with Crippen molar-refractivity contribution in [1.29, 1.82) is 0 Å². The summed E-state index contributed by atoms with van der Waals surface area (Å²) in [5, 5.41) is 0. The lowest BCUT2D eigenvalue weighted by Gasteiger charge is -2.05. The summed E-state index contributed by atoms with van der Waals surface area (Å²) < 4.78 is 4.96. The van der Waals surface area contributed by atoms with Crippen LogP contribution in [-0.4, -0.2) is 19.0 Å². The highest BCUT2D eigenvalue weighted by molar-refractivity contribution is 5.78. The van der Waals surface area contributed by atoms with Crippen LogP contribution in [-0.2, 0) is 9.53 Å². The smallest absolute Gasteiger partial charge is 0.132 e. The van der Waals surface area contributed by atoms with Gasteiger partial charge in [-0.1, -0.05) is 19.8 Å². The van der Waals surface area contributed by atoms with Crippen molar-refractivity contribution in [2.24, 2.45) is 0 Å². The van der Waals surface area contributed by atoms with Crippen LogP contribution >= 0.6 is 0 Å². The summed E-state index contributed by atoms with van der Waals surface area (Å²) in [5.41, 5.74) is 0. The van der Waals surface area contributed by atoms with Gasteiger partial charge in [0.05, 0.1) is 0 Å². The maximum Gasteiger partial charge on any atom is 0.132 e. The number of ether oxygens (including phenoxy) is 1. The zero-order valence-electron chi connectivity index (χ0n) is 9.39. The molecule has 0 N–H and O–H groups in total. The fourth-order valence-electron chi connectivity index (χ4n) is 1.29. The van der Waals surface area contributed by atoms with Crippen molar-refractivity contribution in [3.63, 3.8) is 0 Å². The summed E-state index contributed by atoms with van der Waals surface area (Å²) in [4.78, 5) is 10.5. The Bertz CT molecular complexity index is 120. The van der Waals surface area contributed by atoms with Crippen molar-refractivity contribution < 1.29 is 9.53 Å². The monoisotopic (exact) mass is 199 g/mol. The summed E-state index contributed by atoms with van der Waals surface area (Å²) in [6, 6.07) is 0. The number of rotatable bonds is 4. The van der Waals surface area contributed by atoms with Crippen LogP contribution in [0.25, 0.3) is 0 Å². The van der Waals surface area contributed by atoms with Gasteiger partial charge in [-0.15, -0.1) is 0 Å². The third kappa shape index (κ3) is 9.72. The Labute approximate surface area is 88.0 Å². The Morgan fingerprint density at radius 2 is 1.93 bits per heavy atom. The molecule has 0 bridgehead atoms. The van der Waals surface area contributed by atoms with E-state index in [9.17, 15) is 4.79 Å². The van der Waals surface area contributed by atoms with Crippen LogP contribution in [0.2, 0.25) is 0 Å². The third-order valence-corrected chi connectivity index (χ3v) is 2.20. The minimum atomic E-state index is 0.464. The molecule has 2 nitrogen and oxygen atoms in total. The van der Waals surface area contributed by atoms with Gasteiger partial charge in [0.1, 0.15) is 5.78 Å². The van der Waals surface area contributed by atoms with Crippen molar-refractivity contribution in [1.82, 2.24) is 0 Å². The Morgan fingerprint density at radius 1 is 1.29 bits per heavy atom. The molecule has 1 fully saturated rings. The number of ketones is 1. The molecule has 2 heteroatoms. The van der Waals surface area contributed by atoms with E-state index in [0.29, 0.717) is 12.4 Å². The average Bonchev–Trinajstić information content (AvgIpc) is 2.21. The van der Waals surface area contributed by atoms with Gasteiger partial charge in [0.15, 0.2) is 0 Å². The molecule has 1 aliphatic rings. The van der Waals surface area contributed by atoms with Crippen LogP contribution < -0.4 is 0 Å². The van der Waals surface area contributed by atoms with E-state index in [-0.39, 0.29) is 0 Å². The van der Waals surface area contributed by atoms with Crippen molar-refractivity contribution >= 4 is 5.78 Å². The zero-order chi connectivity index (χ0) is 10.6. The quantitative estimate of drug-likeness (QED) is 0.650. The summed E-state index contributed by atoms with van der Waals surface area (Å²) in [5.74, 6) is 0.464. The van der Waals surface area contributed by atoms with Gasteiger partial charge in [-0.25, -0.2) is 0 Å². The predicted octanol–water partition coefficient (Wildman–Crippen LogP) is 3.16. The first-order valence-corrected chi connectivity index (χ1v) is 5.70. The Balaban J connectivity index is 0.000000241. The number of carbonyl (C=O) groups is 1. The van der Waals surface area contributed by atoms with E-state index >= 15 is 0 Å². The van der Waals surface area contributed by atoms with Crippen molar-refractivity contribution in [2.45, 2.75) is 51.9 Å². The van der Waals surface area contributed by atoms with Crippen molar-refractivity contribution in [3.8, 4) is 0 Å². The summed E-state index contributed by atoms with van der Waals surface area (Å²) in [7, 11) is 0. The largest absolute Gasteiger partial charge is 0.381 e. The molecule has 0 spiro atoms. The summed E-state index contributed by atoms with van der Waals surface area (Å²) in [6.45, 7) is 7.17. The molecule has 0 amide bonds. The van der Waals surface area contributed by atoms with Gasteiger partial charge < -0.3 is 4.74 Å². The fourth-order valence-corrected chi connectivity index (χ4v) is 1.29. The molecule has 83 valence electrons. The minimum Gasteiger partial charge on any atom is -0.381 e. The van der Waals surface area contributed by atoms with Crippen LogP contribution in [0.4, 0.5) is 0 Å². The molecular formula is C12H23O2. The number of hydrogen-bond donors (Lipinski definition) is 0.